The molecule has 2 heterocycles. The molecule has 0 saturated heterocycles. The molecule has 0 fully saturated rings. The van der Waals surface area contributed by atoms with Crippen LogP contribution in [0.1, 0.15) is 26.3 Å². The highest BCUT2D eigenvalue weighted by atomic mass is 16.6. The fourth-order valence-corrected chi connectivity index (χ4v) is 2.08. The summed E-state index contributed by atoms with van der Waals surface area (Å²) in [6.07, 6.45) is 3.85. The molecule has 1 unspecified atom stereocenters. The van der Waals surface area contributed by atoms with E-state index in [1.165, 1.54) is 0 Å². The van der Waals surface area contributed by atoms with Crippen LogP contribution < -0.4 is 11.1 Å². The molecule has 0 aliphatic rings. The van der Waals surface area contributed by atoms with Gasteiger partial charge in [-0.05, 0) is 44.9 Å². The number of rotatable bonds is 4. The van der Waals surface area contributed by atoms with Gasteiger partial charge in [0.2, 0.25) is 0 Å². The first-order valence-electron chi connectivity index (χ1n) is 7.00. The minimum absolute atomic E-state index is 0.187. The Morgan fingerprint density at radius 3 is 2.90 bits per heavy atom. The van der Waals surface area contributed by atoms with Gasteiger partial charge in [0.1, 0.15) is 5.60 Å². The number of nitrogens with two attached hydrogens (primary N) is 1. The second kappa shape index (κ2) is 6.13. The smallest absolute Gasteiger partial charge is 0.407 e. The van der Waals surface area contributed by atoms with Crippen LogP contribution in [0.4, 0.5) is 4.79 Å². The Labute approximate surface area is 124 Å². The molecule has 0 spiro atoms. The molecule has 1 atom stereocenters. The van der Waals surface area contributed by atoms with E-state index in [0.29, 0.717) is 13.0 Å². The summed E-state index contributed by atoms with van der Waals surface area (Å²) in [6.45, 7) is 5.82. The molecule has 1 amide bonds. The van der Waals surface area contributed by atoms with E-state index in [2.05, 4.69) is 10.4 Å². The van der Waals surface area contributed by atoms with Crippen molar-refractivity contribution in [2.24, 2.45) is 5.73 Å². The minimum Gasteiger partial charge on any atom is -0.444 e. The van der Waals surface area contributed by atoms with Gasteiger partial charge in [-0.2, -0.15) is 5.10 Å². The van der Waals surface area contributed by atoms with E-state index < -0.39 is 11.7 Å². The maximum absolute atomic E-state index is 11.8. The van der Waals surface area contributed by atoms with Crippen molar-refractivity contribution in [1.29, 1.82) is 0 Å². The van der Waals surface area contributed by atoms with Crippen molar-refractivity contribution in [1.82, 2.24) is 14.9 Å². The predicted octanol–water partition coefficient (Wildman–Crippen LogP) is 1.73. The third kappa shape index (κ3) is 4.19. The van der Waals surface area contributed by atoms with Crippen LogP contribution >= 0.6 is 0 Å². The number of carbonyl (C=O) groups is 1. The lowest BCUT2D eigenvalue weighted by atomic mass is 10.1. The van der Waals surface area contributed by atoms with Crippen LogP contribution in [0, 0.1) is 0 Å². The molecule has 21 heavy (non-hydrogen) atoms. The average molecular weight is 290 g/mol. The summed E-state index contributed by atoms with van der Waals surface area (Å²) in [7, 11) is 0. The first-order chi connectivity index (χ1) is 9.89. The second-order valence-electron chi connectivity index (χ2n) is 5.98. The van der Waals surface area contributed by atoms with Crippen LogP contribution in [-0.4, -0.2) is 33.9 Å². The third-order valence-electron chi connectivity index (χ3n) is 2.98. The van der Waals surface area contributed by atoms with Crippen LogP contribution in [0.15, 0.2) is 30.6 Å². The van der Waals surface area contributed by atoms with Gasteiger partial charge in [0.25, 0.3) is 0 Å². The molecular weight excluding hydrogens is 268 g/mol. The van der Waals surface area contributed by atoms with Gasteiger partial charge in [0.05, 0.1) is 11.7 Å². The number of fused-ring (bicyclic) bond motifs is 1. The molecule has 0 aliphatic carbocycles. The van der Waals surface area contributed by atoms with E-state index >= 15 is 0 Å². The monoisotopic (exact) mass is 290 g/mol. The standard InChI is InChI=1S/C15H22N4O2/c1-15(2,3)21-14(20)18-12(9-16)8-11-10-17-19-7-5-4-6-13(11)19/h4-7,10,12H,8-9,16H2,1-3H3,(H,18,20). The number of nitrogens with zero attached hydrogens (tertiary/aromatic N) is 2. The fourth-order valence-electron chi connectivity index (χ4n) is 2.08. The normalized spacial score (nSPS) is 13.1. The summed E-state index contributed by atoms with van der Waals surface area (Å²) >= 11 is 0. The highest BCUT2D eigenvalue weighted by Gasteiger charge is 2.19. The van der Waals surface area contributed by atoms with E-state index in [0.717, 1.165) is 11.1 Å². The lowest BCUT2D eigenvalue weighted by Crippen LogP contribution is -2.44. The zero-order valence-corrected chi connectivity index (χ0v) is 12.7. The van der Waals surface area contributed by atoms with Crippen LogP contribution in [0.3, 0.4) is 0 Å². The van der Waals surface area contributed by atoms with Gasteiger partial charge < -0.3 is 15.8 Å². The molecule has 6 nitrogen and oxygen atoms in total. The molecule has 2 rings (SSSR count). The van der Waals surface area contributed by atoms with Crippen LogP contribution in [0.2, 0.25) is 0 Å². The highest BCUT2D eigenvalue weighted by Crippen LogP contribution is 2.13. The summed E-state index contributed by atoms with van der Waals surface area (Å²) in [5.41, 5.74) is 7.29. The molecule has 6 heteroatoms. The van der Waals surface area contributed by atoms with E-state index in [1.807, 2.05) is 45.2 Å². The van der Waals surface area contributed by atoms with Gasteiger partial charge in [-0.1, -0.05) is 6.07 Å². The molecular formula is C15H22N4O2. The van der Waals surface area contributed by atoms with E-state index in [1.54, 1.807) is 10.7 Å². The van der Waals surface area contributed by atoms with Crippen LogP contribution in [0.5, 0.6) is 0 Å². The number of ether oxygens (including phenoxy) is 1. The molecule has 2 aromatic rings. The van der Waals surface area contributed by atoms with Crippen molar-refractivity contribution in [3.8, 4) is 0 Å². The van der Waals surface area contributed by atoms with Crippen molar-refractivity contribution in [2.75, 3.05) is 6.54 Å². The predicted molar refractivity (Wildman–Crippen MR) is 81.1 cm³/mol. The van der Waals surface area contributed by atoms with E-state index in [9.17, 15) is 4.79 Å². The zero-order valence-electron chi connectivity index (χ0n) is 12.7. The number of alkyl carbamates (subject to hydrolysis) is 1. The lowest BCUT2D eigenvalue weighted by Gasteiger charge is -2.22. The number of amides is 1. The van der Waals surface area contributed by atoms with Gasteiger partial charge in [-0.25, -0.2) is 9.31 Å². The molecule has 0 radical (unpaired) electrons. The quantitative estimate of drug-likeness (QED) is 0.898. The van der Waals surface area contributed by atoms with Crippen molar-refractivity contribution in [3.05, 3.63) is 36.2 Å². The van der Waals surface area contributed by atoms with E-state index in [4.69, 9.17) is 10.5 Å². The Hall–Kier alpha value is -2.08. The van der Waals surface area contributed by atoms with Gasteiger partial charge in [0, 0.05) is 18.8 Å². The number of pyridine rings is 1. The number of hydrogen-bond donors (Lipinski definition) is 2. The summed E-state index contributed by atoms with van der Waals surface area (Å²) in [6, 6.07) is 5.68. The van der Waals surface area contributed by atoms with E-state index in [-0.39, 0.29) is 6.04 Å². The summed E-state index contributed by atoms with van der Waals surface area (Å²) < 4.78 is 7.05. The topological polar surface area (TPSA) is 81.6 Å². The summed E-state index contributed by atoms with van der Waals surface area (Å²) in [4.78, 5) is 11.8. The van der Waals surface area contributed by atoms with Gasteiger partial charge >= 0.3 is 6.09 Å². The molecule has 0 saturated carbocycles. The van der Waals surface area contributed by atoms with Gasteiger partial charge in [0.15, 0.2) is 0 Å². The van der Waals surface area contributed by atoms with Gasteiger partial charge in [-0.3, -0.25) is 0 Å². The maximum atomic E-state index is 11.8. The van der Waals surface area contributed by atoms with Crippen LogP contribution in [0.25, 0.3) is 5.52 Å². The van der Waals surface area contributed by atoms with Crippen molar-refractivity contribution >= 4 is 11.6 Å². The number of hydrogen-bond acceptors (Lipinski definition) is 4. The van der Waals surface area contributed by atoms with Crippen molar-refractivity contribution in [2.45, 2.75) is 38.8 Å². The Morgan fingerprint density at radius 1 is 1.48 bits per heavy atom. The minimum atomic E-state index is -0.520. The third-order valence-corrected chi connectivity index (χ3v) is 2.98. The maximum Gasteiger partial charge on any atom is 0.407 e. The van der Waals surface area contributed by atoms with Gasteiger partial charge in [-0.15, -0.1) is 0 Å². The second-order valence-corrected chi connectivity index (χ2v) is 5.98. The largest absolute Gasteiger partial charge is 0.444 e. The Morgan fingerprint density at radius 2 is 2.24 bits per heavy atom. The summed E-state index contributed by atoms with van der Waals surface area (Å²) in [5.74, 6) is 0. The SMILES string of the molecule is CC(C)(C)OC(=O)NC(CN)Cc1cnn2ccccc12. The first kappa shape index (κ1) is 15.3. The zero-order chi connectivity index (χ0) is 15.5. The number of nitrogens with one attached hydrogen (secondary N) is 1. The number of aromatic nitrogens is 2. The average Bonchev–Trinajstić information content (AvgIpc) is 2.79. The highest BCUT2D eigenvalue weighted by molar-refractivity contribution is 5.68. The fraction of sp³-hybridized carbons (Fsp3) is 0.467. The Balaban J connectivity index is 2.04. The molecule has 114 valence electrons. The molecule has 0 aliphatic heterocycles. The molecule has 0 aromatic carbocycles. The van der Waals surface area contributed by atoms with Crippen molar-refractivity contribution in [3.63, 3.8) is 0 Å². The Bertz CT molecular complexity index is 615. The molecule has 2 aromatic heterocycles. The first-order valence-corrected chi connectivity index (χ1v) is 7.00. The molecule has 0 bridgehead atoms. The van der Waals surface area contributed by atoms with Crippen molar-refractivity contribution < 1.29 is 9.53 Å². The van der Waals surface area contributed by atoms with Crippen LogP contribution in [-0.2, 0) is 11.2 Å². The summed E-state index contributed by atoms with van der Waals surface area (Å²) in [5, 5.41) is 7.08. The molecule has 3 N–H and O–H groups in total. The Kier molecular flexibility index (Phi) is 4.47. The number of carbonyl (C=O) groups excluding carboxylic acids is 1. The lowest BCUT2D eigenvalue weighted by molar-refractivity contribution is 0.0506.